The fraction of sp³-hybridized carbons (Fsp3) is 0.143. The fourth-order valence-corrected chi connectivity index (χ4v) is 2.28. The second-order valence-electron chi connectivity index (χ2n) is 4.34. The van der Waals surface area contributed by atoms with Gasteiger partial charge < -0.3 is 5.32 Å². The third-order valence-electron chi connectivity index (χ3n) is 2.88. The van der Waals surface area contributed by atoms with Crippen LogP contribution < -0.4 is 5.32 Å². The van der Waals surface area contributed by atoms with Crippen LogP contribution in [0.4, 0.5) is 15.8 Å². The summed E-state index contributed by atoms with van der Waals surface area (Å²) < 4.78 is 13.6. The Hall–Kier alpha value is -1.66. The largest absolute Gasteiger partial charge is 0.379 e. The summed E-state index contributed by atoms with van der Waals surface area (Å²) in [4.78, 5) is 10.4. The van der Waals surface area contributed by atoms with E-state index >= 15 is 0 Å². The van der Waals surface area contributed by atoms with Crippen molar-refractivity contribution in [3.63, 3.8) is 0 Å². The van der Waals surface area contributed by atoms with Crippen LogP contribution in [0.2, 0.25) is 5.02 Å². The van der Waals surface area contributed by atoms with Crippen LogP contribution in [0, 0.1) is 15.9 Å². The molecule has 0 saturated heterocycles. The second kappa shape index (κ2) is 6.87. The number of hydrogen-bond donors (Lipinski definition) is 1. The molecule has 0 amide bonds. The lowest BCUT2D eigenvalue weighted by molar-refractivity contribution is -0.384. The van der Waals surface area contributed by atoms with Gasteiger partial charge in [-0.05, 0) is 40.0 Å². The Bertz CT molecular complexity index is 665. The van der Waals surface area contributed by atoms with Crippen LogP contribution in [-0.4, -0.2) is 11.5 Å². The maximum Gasteiger partial charge on any atom is 0.293 e. The van der Waals surface area contributed by atoms with Gasteiger partial charge in [0, 0.05) is 23.7 Å². The molecule has 0 fully saturated rings. The SMILES string of the molecule is O=[N+]([O-])c1cc(Br)c(F)cc1NCCc1ccc(Cl)cc1. The molecule has 0 radical (unpaired) electrons. The molecule has 2 aromatic carbocycles. The van der Waals surface area contributed by atoms with Crippen LogP contribution in [0.15, 0.2) is 40.9 Å². The molecule has 1 N–H and O–H groups in total. The molecule has 0 aliphatic carbocycles. The Morgan fingerprint density at radius 2 is 1.95 bits per heavy atom. The lowest BCUT2D eigenvalue weighted by atomic mass is 10.1. The summed E-state index contributed by atoms with van der Waals surface area (Å²) in [6.45, 7) is 0.448. The average molecular weight is 374 g/mol. The van der Waals surface area contributed by atoms with E-state index in [1.165, 1.54) is 0 Å². The number of nitrogens with one attached hydrogen (secondary N) is 1. The number of benzene rings is 2. The molecule has 0 bridgehead atoms. The van der Waals surface area contributed by atoms with E-state index < -0.39 is 10.7 Å². The van der Waals surface area contributed by atoms with Gasteiger partial charge in [-0.3, -0.25) is 10.1 Å². The highest BCUT2D eigenvalue weighted by molar-refractivity contribution is 9.10. The zero-order valence-corrected chi connectivity index (χ0v) is 13.1. The van der Waals surface area contributed by atoms with Crippen molar-refractivity contribution >= 4 is 38.9 Å². The van der Waals surface area contributed by atoms with E-state index in [-0.39, 0.29) is 15.8 Å². The highest BCUT2D eigenvalue weighted by atomic mass is 79.9. The van der Waals surface area contributed by atoms with Crippen LogP contribution in [0.25, 0.3) is 0 Å². The maximum atomic E-state index is 13.5. The van der Waals surface area contributed by atoms with Gasteiger partial charge in [-0.1, -0.05) is 23.7 Å². The molecular formula is C14H11BrClFN2O2. The van der Waals surface area contributed by atoms with Crippen molar-refractivity contribution in [2.75, 3.05) is 11.9 Å². The molecule has 0 unspecified atom stereocenters. The summed E-state index contributed by atoms with van der Waals surface area (Å²) in [7, 11) is 0. The first-order valence-corrected chi connectivity index (χ1v) is 7.26. The smallest absolute Gasteiger partial charge is 0.293 e. The number of nitrogens with zero attached hydrogens (tertiary/aromatic N) is 1. The predicted molar refractivity (Wildman–Crippen MR) is 84.4 cm³/mol. The molecular weight excluding hydrogens is 363 g/mol. The molecule has 2 aromatic rings. The van der Waals surface area contributed by atoms with Crippen LogP contribution in [0.3, 0.4) is 0 Å². The molecule has 0 saturated carbocycles. The Balaban J connectivity index is 2.07. The van der Waals surface area contributed by atoms with Crippen LogP contribution >= 0.6 is 27.5 Å². The highest BCUT2D eigenvalue weighted by Gasteiger charge is 2.17. The predicted octanol–water partition coefficient (Wildman–Crippen LogP) is 4.80. The summed E-state index contributed by atoms with van der Waals surface area (Å²) in [6.07, 6.45) is 0.645. The highest BCUT2D eigenvalue weighted by Crippen LogP contribution is 2.30. The van der Waals surface area contributed by atoms with Gasteiger partial charge >= 0.3 is 0 Å². The number of halogens is 3. The summed E-state index contributed by atoms with van der Waals surface area (Å²) in [5, 5.41) is 14.5. The van der Waals surface area contributed by atoms with Crippen molar-refractivity contribution in [3.05, 3.63) is 67.4 Å². The second-order valence-corrected chi connectivity index (χ2v) is 5.63. The van der Waals surface area contributed by atoms with E-state index in [1.54, 1.807) is 12.1 Å². The van der Waals surface area contributed by atoms with Gasteiger partial charge in [0.05, 0.1) is 9.40 Å². The van der Waals surface area contributed by atoms with Crippen molar-refractivity contribution in [3.8, 4) is 0 Å². The van der Waals surface area contributed by atoms with E-state index in [1.807, 2.05) is 12.1 Å². The van der Waals surface area contributed by atoms with Crippen molar-refractivity contribution < 1.29 is 9.31 Å². The number of hydrogen-bond acceptors (Lipinski definition) is 3. The molecule has 0 aliphatic heterocycles. The zero-order valence-electron chi connectivity index (χ0n) is 10.8. The van der Waals surface area contributed by atoms with Crippen LogP contribution in [-0.2, 0) is 6.42 Å². The van der Waals surface area contributed by atoms with Crippen molar-refractivity contribution in [2.24, 2.45) is 0 Å². The number of nitro benzene ring substituents is 1. The number of anilines is 1. The van der Waals surface area contributed by atoms with Crippen LogP contribution in [0.5, 0.6) is 0 Å². The minimum atomic E-state index is -0.547. The monoisotopic (exact) mass is 372 g/mol. The lowest BCUT2D eigenvalue weighted by Gasteiger charge is -2.08. The van der Waals surface area contributed by atoms with E-state index in [4.69, 9.17) is 11.6 Å². The molecule has 4 nitrogen and oxygen atoms in total. The van der Waals surface area contributed by atoms with Gasteiger partial charge in [0.25, 0.3) is 5.69 Å². The Morgan fingerprint density at radius 3 is 2.57 bits per heavy atom. The van der Waals surface area contributed by atoms with Gasteiger partial charge in [-0.15, -0.1) is 0 Å². The Kier molecular flexibility index (Phi) is 5.14. The molecule has 110 valence electrons. The first-order chi connectivity index (χ1) is 9.97. The van der Waals surface area contributed by atoms with Gasteiger partial charge in [-0.2, -0.15) is 0 Å². The Morgan fingerprint density at radius 1 is 1.29 bits per heavy atom. The summed E-state index contributed by atoms with van der Waals surface area (Å²) >= 11 is 8.73. The molecule has 0 spiro atoms. The maximum absolute atomic E-state index is 13.5. The van der Waals surface area contributed by atoms with E-state index in [0.29, 0.717) is 18.0 Å². The minimum Gasteiger partial charge on any atom is -0.379 e. The summed E-state index contributed by atoms with van der Waals surface area (Å²) in [5.74, 6) is -0.547. The first-order valence-electron chi connectivity index (χ1n) is 6.09. The topological polar surface area (TPSA) is 55.2 Å². The third kappa shape index (κ3) is 4.15. The van der Waals surface area contributed by atoms with Crippen molar-refractivity contribution in [2.45, 2.75) is 6.42 Å². The summed E-state index contributed by atoms with van der Waals surface area (Å²) in [6, 6.07) is 9.57. The molecule has 0 heterocycles. The molecule has 7 heteroatoms. The summed E-state index contributed by atoms with van der Waals surface area (Å²) in [5.41, 5.74) is 1.03. The van der Waals surface area contributed by atoms with Gasteiger partial charge in [0.15, 0.2) is 0 Å². The number of rotatable bonds is 5. The minimum absolute atomic E-state index is 0.0671. The zero-order chi connectivity index (χ0) is 15.4. The molecule has 0 atom stereocenters. The van der Waals surface area contributed by atoms with Gasteiger partial charge in [-0.25, -0.2) is 4.39 Å². The van der Waals surface area contributed by atoms with E-state index in [0.717, 1.165) is 17.7 Å². The van der Waals surface area contributed by atoms with Crippen LogP contribution in [0.1, 0.15) is 5.56 Å². The average Bonchev–Trinajstić information content (AvgIpc) is 2.44. The fourth-order valence-electron chi connectivity index (χ4n) is 1.82. The molecule has 2 rings (SSSR count). The van der Waals surface area contributed by atoms with Gasteiger partial charge in [0.1, 0.15) is 11.5 Å². The van der Waals surface area contributed by atoms with Gasteiger partial charge in [0.2, 0.25) is 0 Å². The Labute approximate surface area is 134 Å². The van der Waals surface area contributed by atoms with Crippen molar-refractivity contribution in [1.82, 2.24) is 0 Å². The van der Waals surface area contributed by atoms with Crippen molar-refractivity contribution in [1.29, 1.82) is 0 Å². The molecule has 0 aliphatic rings. The lowest BCUT2D eigenvalue weighted by Crippen LogP contribution is -2.07. The normalized spacial score (nSPS) is 10.4. The quantitative estimate of drug-likeness (QED) is 0.605. The molecule has 0 aromatic heterocycles. The molecule has 21 heavy (non-hydrogen) atoms. The first kappa shape index (κ1) is 15.7. The van der Waals surface area contributed by atoms with E-state index in [9.17, 15) is 14.5 Å². The third-order valence-corrected chi connectivity index (χ3v) is 3.74. The number of nitro groups is 1. The standard InChI is InChI=1S/C14H11BrClFN2O2/c15-11-7-14(19(20)21)13(8-12(11)17)18-6-5-9-1-3-10(16)4-2-9/h1-4,7-8,18H,5-6H2. The van der Waals surface area contributed by atoms with E-state index in [2.05, 4.69) is 21.2 Å².